The van der Waals surface area contributed by atoms with Crippen LogP contribution in [0.25, 0.3) is 0 Å². The summed E-state index contributed by atoms with van der Waals surface area (Å²) in [6.07, 6.45) is 1.74. The van der Waals surface area contributed by atoms with Crippen molar-refractivity contribution in [2.24, 2.45) is 5.14 Å². The summed E-state index contributed by atoms with van der Waals surface area (Å²) in [5.41, 5.74) is 0.814. The molecule has 1 aromatic rings. The van der Waals surface area contributed by atoms with Crippen molar-refractivity contribution in [3.05, 3.63) is 42.5 Å². The Morgan fingerprint density at radius 1 is 1.37 bits per heavy atom. The third-order valence-electron chi connectivity index (χ3n) is 2.21. The van der Waals surface area contributed by atoms with Crippen LogP contribution in [-0.2, 0) is 21.4 Å². The molecule has 0 bridgehead atoms. The van der Waals surface area contributed by atoms with Crippen LogP contribution < -0.4 is 10.5 Å². The Morgan fingerprint density at radius 2 is 2.00 bits per heavy atom. The molecule has 104 valence electrons. The molecule has 0 radical (unpaired) electrons. The van der Waals surface area contributed by atoms with Crippen LogP contribution in [0.15, 0.2) is 41.8 Å². The first-order valence-corrected chi connectivity index (χ1v) is 8.20. The van der Waals surface area contributed by atoms with Gasteiger partial charge in [-0.3, -0.25) is 4.79 Å². The van der Waals surface area contributed by atoms with Crippen molar-refractivity contribution in [2.75, 3.05) is 11.5 Å². The minimum Gasteiger partial charge on any atom is -0.351 e. The van der Waals surface area contributed by atoms with Crippen LogP contribution in [-0.4, -0.2) is 25.8 Å². The van der Waals surface area contributed by atoms with Crippen LogP contribution in [0.4, 0.5) is 0 Å². The molecular weight excluding hydrogens is 284 g/mol. The summed E-state index contributed by atoms with van der Waals surface area (Å²) in [6, 6.07) is 6.08. The van der Waals surface area contributed by atoms with Crippen molar-refractivity contribution < 1.29 is 13.2 Å². The molecule has 3 N–H and O–H groups in total. The minimum absolute atomic E-state index is 0.0594. The maximum Gasteiger partial charge on any atom is 0.238 e. The minimum atomic E-state index is -3.67. The summed E-state index contributed by atoms with van der Waals surface area (Å²) >= 11 is 1.48. The van der Waals surface area contributed by atoms with Crippen molar-refractivity contribution in [3.63, 3.8) is 0 Å². The Labute approximate surface area is 117 Å². The second kappa shape index (κ2) is 7.32. The van der Waals surface area contributed by atoms with Gasteiger partial charge in [0.1, 0.15) is 0 Å². The lowest BCUT2D eigenvalue weighted by molar-refractivity contribution is -0.118. The second-order valence-electron chi connectivity index (χ2n) is 3.77. The lowest BCUT2D eigenvalue weighted by atomic mass is 10.2. The van der Waals surface area contributed by atoms with Gasteiger partial charge in [0.25, 0.3) is 0 Å². The largest absolute Gasteiger partial charge is 0.351 e. The summed E-state index contributed by atoms with van der Waals surface area (Å²) in [5, 5.41) is 7.73. The Bertz CT molecular complexity index is 539. The van der Waals surface area contributed by atoms with E-state index in [2.05, 4.69) is 11.9 Å². The lowest BCUT2D eigenvalue weighted by Gasteiger charge is -2.05. The number of carbonyl (C=O) groups excluding carboxylic acids is 1. The number of thioether (sulfide) groups is 1. The van der Waals surface area contributed by atoms with E-state index in [9.17, 15) is 13.2 Å². The standard InChI is InChI=1S/C12H16N2O3S2/c1-2-7-18-9-12(15)14-8-10-3-5-11(6-4-10)19(13,16)17/h2-6H,1,7-9H2,(H,14,15)(H2,13,16,17). The fraction of sp³-hybridized carbons (Fsp3) is 0.250. The van der Waals surface area contributed by atoms with Crippen molar-refractivity contribution in [2.45, 2.75) is 11.4 Å². The third-order valence-corrected chi connectivity index (χ3v) is 4.08. The van der Waals surface area contributed by atoms with Gasteiger partial charge in [-0.1, -0.05) is 18.2 Å². The smallest absolute Gasteiger partial charge is 0.238 e. The van der Waals surface area contributed by atoms with E-state index in [1.54, 1.807) is 18.2 Å². The van der Waals surface area contributed by atoms with Gasteiger partial charge < -0.3 is 5.32 Å². The Morgan fingerprint density at radius 3 is 2.53 bits per heavy atom. The zero-order chi connectivity index (χ0) is 14.3. The predicted octanol–water partition coefficient (Wildman–Crippen LogP) is 0.869. The molecule has 0 aromatic heterocycles. The molecule has 0 heterocycles. The van der Waals surface area contributed by atoms with Gasteiger partial charge in [-0.05, 0) is 17.7 Å². The van der Waals surface area contributed by atoms with Crippen LogP contribution in [0.1, 0.15) is 5.56 Å². The number of hydrogen-bond donors (Lipinski definition) is 2. The van der Waals surface area contributed by atoms with Crippen LogP contribution in [0.3, 0.4) is 0 Å². The van der Waals surface area contributed by atoms with Crippen molar-refractivity contribution in [1.82, 2.24) is 5.32 Å². The van der Waals surface area contributed by atoms with Gasteiger partial charge in [0.2, 0.25) is 15.9 Å². The fourth-order valence-corrected chi connectivity index (χ4v) is 2.37. The van der Waals surface area contributed by atoms with Crippen LogP contribution in [0.2, 0.25) is 0 Å². The molecule has 5 nitrogen and oxygen atoms in total. The summed E-state index contributed by atoms with van der Waals surface area (Å²) in [6.45, 7) is 3.93. The molecule has 0 aliphatic carbocycles. The molecule has 0 atom stereocenters. The average Bonchev–Trinajstić information content (AvgIpc) is 2.36. The van der Waals surface area contributed by atoms with Gasteiger partial charge in [0.15, 0.2) is 0 Å². The van der Waals surface area contributed by atoms with Gasteiger partial charge >= 0.3 is 0 Å². The molecular formula is C12H16N2O3S2. The topological polar surface area (TPSA) is 89.3 Å². The summed E-state index contributed by atoms with van der Waals surface area (Å²) in [4.78, 5) is 11.5. The highest BCUT2D eigenvalue weighted by molar-refractivity contribution is 8.00. The molecule has 7 heteroatoms. The number of sulfonamides is 1. The van der Waals surface area contributed by atoms with E-state index in [0.717, 1.165) is 11.3 Å². The van der Waals surface area contributed by atoms with Gasteiger partial charge in [-0.15, -0.1) is 18.3 Å². The first-order chi connectivity index (χ1) is 8.93. The zero-order valence-corrected chi connectivity index (χ0v) is 12.0. The lowest BCUT2D eigenvalue weighted by Crippen LogP contribution is -2.24. The van der Waals surface area contributed by atoms with E-state index in [4.69, 9.17) is 5.14 Å². The maximum absolute atomic E-state index is 11.4. The Balaban J connectivity index is 2.46. The molecule has 0 saturated heterocycles. The monoisotopic (exact) mass is 300 g/mol. The first kappa shape index (κ1) is 15.7. The number of amides is 1. The molecule has 19 heavy (non-hydrogen) atoms. The van der Waals surface area contributed by atoms with E-state index in [0.29, 0.717) is 12.3 Å². The van der Waals surface area contributed by atoms with Crippen LogP contribution in [0.5, 0.6) is 0 Å². The van der Waals surface area contributed by atoms with E-state index in [1.165, 1.54) is 23.9 Å². The maximum atomic E-state index is 11.4. The van der Waals surface area contributed by atoms with Crippen molar-refractivity contribution in [1.29, 1.82) is 0 Å². The number of nitrogens with two attached hydrogens (primary N) is 1. The average molecular weight is 300 g/mol. The fourth-order valence-electron chi connectivity index (χ4n) is 1.28. The number of nitrogens with one attached hydrogen (secondary N) is 1. The molecule has 0 aliphatic heterocycles. The zero-order valence-electron chi connectivity index (χ0n) is 10.3. The molecule has 1 aromatic carbocycles. The molecule has 0 unspecified atom stereocenters. The highest BCUT2D eigenvalue weighted by Gasteiger charge is 2.07. The first-order valence-electron chi connectivity index (χ1n) is 5.50. The highest BCUT2D eigenvalue weighted by Crippen LogP contribution is 2.08. The van der Waals surface area contributed by atoms with E-state index >= 15 is 0 Å². The second-order valence-corrected chi connectivity index (χ2v) is 6.36. The van der Waals surface area contributed by atoms with Gasteiger partial charge in [-0.25, -0.2) is 13.6 Å². The van der Waals surface area contributed by atoms with E-state index in [1.807, 2.05) is 0 Å². The molecule has 1 amide bonds. The normalized spacial score (nSPS) is 11.0. The molecule has 1 rings (SSSR count). The van der Waals surface area contributed by atoms with E-state index in [-0.39, 0.29) is 10.8 Å². The van der Waals surface area contributed by atoms with Crippen molar-refractivity contribution in [3.8, 4) is 0 Å². The SMILES string of the molecule is C=CCSCC(=O)NCc1ccc(S(N)(=O)=O)cc1. The van der Waals surface area contributed by atoms with Crippen LogP contribution in [0, 0.1) is 0 Å². The molecule has 0 aliphatic rings. The number of carbonyl (C=O) groups is 1. The van der Waals surface area contributed by atoms with E-state index < -0.39 is 10.0 Å². The number of rotatable bonds is 7. The van der Waals surface area contributed by atoms with Gasteiger partial charge in [0, 0.05) is 12.3 Å². The number of benzene rings is 1. The molecule has 0 spiro atoms. The van der Waals surface area contributed by atoms with Crippen LogP contribution >= 0.6 is 11.8 Å². The number of hydrogen-bond acceptors (Lipinski definition) is 4. The van der Waals surface area contributed by atoms with Gasteiger partial charge in [0.05, 0.1) is 10.6 Å². The quantitative estimate of drug-likeness (QED) is 0.577. The number of primary sulfonamides is 1. The molecule has 0 saturated carbocycles. The third kappa shape index (κ3) is 5.91. The summed E-state index contributed by atoms with van der Waals surface area (Å²) in [5.74, 6) is 1.04. The Kier molecular flexibility index (Phi) is 6.07. The Hall–Kier alpha value is -1.31. The van der Waals surface area contributed by atoms with Gasteiger partial charge in [-0.2, -0.15) is 0 Å². The predicted molar refractivity (Wildman–Crippen MR) is 77.2 cm³/mol. The summed E-state index contributed by atoms with van der Waals surface area (Å²) < 4.78 is 22.1. The summed E-state index contributed by atoms with van der Waals surface area (Å²) in [7, 11) is -3.67. The highest BCUT2D eigenvalue weighted by atomic mass is 32.2. The molecule has 0 fully saturated rings. The van der Waals surface area contributed by atoms with Crippen molar-refractivity contribution >= 4 is 27.7 Å².